The van der Waals surface area contributed by atoms with E-state index in [2.05, 4.69) is 5.32 Å². The minimum Gasteiger partial charge on any atom is -0.480 e. The maximum absolute atomic E-state index is 11.7. The van der Waals surface area contributed by atoms with Crippen LogP contribution in [0.4, 0.5) is 4.79 Å². The Labute approximate surface area is 94.6 Å². The zero-order valence-corrected chi connectivity index (χ0v) is 9.60. The summed E-state index contributed by atoms with van der Waals surface area (Å²) in [6.07, 6.45) is 0.731. The molecule has 92 valence electrons. The molecule has 0 spiro atoms. The van der Waals surface area contributed by atoms with Gasteiger partial charge in [-0.25, -0.2) is 9.59 Å². The van der Waals surface area contributed by atoms with Crippen molar-refractivity contribution < 1.29 is 19.4 Å². The number of urea groups is 1. The molecule has 2 unspecified atom stereocenters. The topological polar surface area (TPSA) is 78.9 Å². The Bertz CT molecular complexity index is 270. The number of hydrogen-bond acceptors (Lipinski definition) is 3. The molecule has 0 aromatic carbocycles. The molecule has 2 atom stereocenters. The molecule has 0 bridgehead atoms. The van der Waals surface area contributed by atoms with E-state index in [1.165, 1.54) is 4.90 Å². The standard InChI is InChI=1S/C10H18N2O4/c1-7-3-5-12(8(7)9(13)14)10(15)11-4-6-16-2/h7-8H,3-6H2,1-2H3,(H,11,15)(H,13,14). The average molecular weight is 230 g/mol. The van der Waals surface area contributed by atoms with Gasteiger partial charge in [-0.05, 0) is 12.3 Å². The maximum Gasteiger partial charge on any atom is 0.326 e. The predicted octanol–water partition coefficient (Wildman–Crippen LogP) is 0.137. The second kappa shape index (κ2) is 5.69. The van der Waals surface area contributed by atoms with Crippen molar-refractivity contribution in [3.05, 3.63) is 0 Å². The number of carbonyl (C=O) groups is 2. The molecule has 1 rings (SSSR count). The number of ether oxygens (including phenoxy) is 1. The number of amides is 2. The van der Waals surface area contributed by atoms with Gasteiger partial charge in [-0.3, -0.25) is 0 Å². The van der Waals surface area contributed by atoms with Gasteiger partial charge in [0, 0.05) is 20.2 Å². The number of nitrogens with zero attached hydrogens (tertiary/aromatic N) is 1. The molecule has 0 saturated carbocycles. The van der Waals surface area contributed by atoms with Gasteiger partial charge in [0.15, 0.2) is 0 Å². The number of likely N-dealkylation sites (tertiary alicyclic amines) is 1. The number of methoxy groups -OCH3 is 1. The Hall–Kier alpha value is -1.30. The van der Waals surface area contributed by atoms with Crippen LogP contribution in [0.3, 0.4) is 0 Å². The second-order valence-electron chi connectivity index (χ2n) is 3.97. The van der Waals surface area contributed by atoms with Crippen LogP contribution in [0.2, 0.25) is 0 Å². The minimum atomic E-state index is -0.938. The Balaban J connectivity index is 2.51. The van der Waals surface area contributed by atoms with E-state index in [9.17, 15) is 9.59 Å². The highest BCUT2D eigenvalue weighted by Crippen LogP contribution is 2.23. The molecule has 1 heterocycles. The van der Waals surface area contributed by atoms with Gasteiger partial charge < -0.3 is 20.1 Å². The van der Waals surface area contributed by atoms with Crippen LogP contribution in [0.1, 0.15) is 13.3 Å². The molecule has 16 heavy (non-hydrogen) atoms. The van der Waals surface area contributed by atoms with Gasteiger partial charge in [0.05, 0.1) is 6.61 Å². The van der Waals surface area contributed by atoms with Gasteiger partial charge in [-0.15, -0.1) is 0 Å². The first-order valence-electron chi connectivity index (χ1n) is 5.34. The smallest absolute Gasteiger partial charge is 0.326 e. The van der Waals surface area contributed by atoms with Crippen LogP contribution in [0.5, 0.6) is 0 Å². The Morgan fingerprint density at radius 2 is 2.25 bits per heavy atom. The van der Waals surface area contributed by atoms with Crippen molar-refractivity contribution in [2.24, 2.45) is 5.92 Å². The van der Waals surface area contributed by atoms with Crippen LogP contribution < -0.4 is 5.32 Å². The van der Waals surface area contributed by atoms with E-state index in [4.69, 9.17) is 9.84 Å². The summed E-state index contributed by atoms with van der Waals surface area (Å²) in [5, 5.41) is 11.7. The summed E-state index contributed by atoms with van der Waals surface area (Å²) >= 11 is 0. The summed E-state index contributed by atoms with van der Waals surface area (Å²) < 4.78 is 4.80. The lowest BCUT2D eigenvalue weighted by Crippen LogP contribution is -2.48. The fourth-order valence-corrected chi connectivity index (χ4v) is 1.91. The predicted molar refractivity (Wildman–Crippen MR) is 57.2 cm³/mol. The molecule has 1 aliphatic rings. The Morgan fingerprint density at radius 1 is 1.56 bits per heavy atom. The van der Waals surface area contributed by atoms with Gasteiger partial charge in [-0.2, -0.15) is 0 Å². The highest BCUT2D eigenvalue weighted by molar-refractivity contribution is 5.83. The van der Waals surface area contributed by atoms with Crippen molar-refractivity contribution in [3.63, 3.8) is 0 Å². The van der Waals surface area contributed by atoms with E-state index in [1.807, 2.05) is 6.92 Å². The van der Waals surface area contributed by atoms with Crippen molar-refractivity contribution in [1.82, 2.24) is 10.2 Å². The van der Waals surface area contributed by atoms with Gasteiger partial charge in [0.25, 0.3) is 0 Å². The molecule has 2 N–H and O–H groups in total. The van der Waals surface area contributed by atoms with Crippen molar-refractivity contribution >= 4 is 12.0 Å². The normalized spacial score (nSPS) is 24.5. The highest BCUT2D eigenvalue weighted by Gasteiger charge is 2.39. The minimum absolute atomic E-state index is 0.00525. The number of aliphatic carboxylic acids is 1. The number of nitrogens with one attached hydrogen (secondary N) is 1. The second-order valence-corrected chi connectivity index (χ2v) is 3.97. The fourth-order valence-electron chi connectivity index (χ4n) is 1.91. The molecule has 0 radical (unpaired) electrons. The highest BCUT2D eigenvalue weighted by atomic mass is 16.5. The first-order valence-corrected chi connectivity index (χ1v) is 5.34. The fraction of sp³-hybridized carbons (Fsp3) is 0.800. The lowest BCUT2D eigenvalue weighted by atomic mass is 10.0. The summed E-state index contributed by atoms with van der Waals surface area (Å²) in [7, 11) is 1.55. The van der Waals surface area contributed by atoms with Gasteiger partial charge >= 0.3 is 12.0 Å². The third-order valence-electron chi connectivity index (χ3n) is 2.80. The first-order chi connectivity index (χ1) is 7.57. The summed E-state index contributed by atoms with van der Waals surface area (Å²) in [4.78, 5) is 24.1. The number of hydrogen-bond donors (Lipinski definition) is 2. The largest absolute Gasteiger partial charge is 0.480 e. The third-order valence-corrected chi connectivity index (χ3v) is 2.80. The van der Waals surface area contributed by atoms with Crippen molar-refractivity contribution in [2.75, 3.05) is 26.8 Å². The summed E-state index contributed by atoms with van der Waals surface area (Å²) in [5.74, 6) is -0.933. The SMILES string of the molecule is COCCNC(=O)N1CCC(C)C1C(=O)O. The van der Waals surface area contributed by atoms with E-state index in [0.717, 1.165) is 6.42 Å². The monoisotopic (exact) mass is 230 g/mol. The molecule has 1 fully saturated rings. The van der Waals surface area contributed by atoms with Crippen LogP contribution in [0.25, 0.3) is 0 Å². The summed E-state index contributed by atoms with van der Waals surface area (Å²) in [6.45, 7) is 3.16. The number of carboxylic acids is 1. The van der Waals surface area contributed by atoms with E-state index < -0.39 is 12.0 Å². The first kappa shape index (κ1) is 12.8. The molecule has 6 heteroatoms. The summed E-state index contributed by atoms with van der Waals surface area (Å²) in [5.41, 5.74) is 0. The molecule has 0 aromatic heterocycles. The van der Waals surface area contributed by atoms with Crippen LogP contribution in [-0.2, 0) is 9.53 Å². The molecule has 1 saturated heterocycles. The summed E-state index contributed by atoms with van der Waals surface area (Å²) in [6, 6.07) is -1.03. The van der Waals surface area contributed by atoms with E-state index in [-0.39, 0.29) is 11.9 Å². The zero-order chi connectivity index (χ0) is 12.1. The molecule has 1 aliphatic heterocycles. The Morgan fingerprint density at radius 3 is 2.81 bits per heavy atom. The van der Waals surface area contributed by atoms with Crippen molar-refractivity contribution in [1.29, 1.82) is 0 Å². The van der Waals surface area contributed by atoms with Gasteiger partial charge in [0.1, 0.15) is 6.04 Å². The van der Waals surface area contributed by atoms with E-state index in [0.29, 0.717) is 19.7 Å². The van der Waals surface area contributed by atoms with Gasteiger partial charge in [0.2, 0.25) is 0 Å². The van der Waals surface area contributed by atoms with Gasteiger partial charge in [-0.1, -0.05) is 6.92 Å². The number of rotatable bonds is 4. The molecule has 6 nitrogen and oxygen atoms in total. The lowest BCUT2D eigenvalue weighted by molar-refractivity contribution is -0.142. The molecular weight excluding hydrogens is 212 g/mol. The van der Waals surface area contributed by atoms with E-state index in [1.54, 1.807) is 7.11 Å². The molecule has 2 amide bonds. The number of carboxylic acid groups (broad SMARTS) is 1. The lowest BCUT2D eigenvalue weighted by Gasteiger charge is -2.23. The maximum atomic E-state index is 11.7. The average Bonchev–Trinajstić information content (AvgIpc) is 2.60. The molecule has 0 aromatic rings. The van der Waals surface area contributed by atoms with Crippen LogP contribution in [0, 0.1) is 5.92 Å². The van der Waals surface area contributed by atoms with Crippen molar-refractivity contribution in [3.8, 4) is 0 Å². The van der Waals surface area contributed by atoms with Crippen LogP contribution in [0.15, 0.2) is 0 Å². The Kier molecular flexibility index (Phi) is 4.54. The quantitative estimate of drug-likeness (QED) is 0.673. The van der Waals surface area contributed by atoms with Crippen LogP contribution >= 0.6 is 0 Å². The molecule has 0 aliphatic carbocycles. The molecular formula is C10H18N2O4. The van der Waals surface area contributed by atoms with Crippen molar-refractivity contribution in [2.45, 2.75) is 19.4 Å². The van der Waals surface area contributed by atoms with E-state index >= 15 is 0 Å². The number of carbonyl (C=O) groups excluding carboxylic acids is 1. The van der Waals surface area contributed by atoms with Crippen LogP contribution in [-0.4, -0.2) is 54.9 Å². The zero-order valence-electron chi connectivity index (χ0n) is 9.60. The third kappa shape index (κ3) is 2.85.